The summed E-state index contributed by atoms with van der Waals surface area (Å²) in [6.45, 7) is 6.18. The average Bonchev–Trinajstić information content (AvgIpc) is 2.81. The van der Waals surface area contributed by atoms with E-state index >= 15 is 0 Å². The molecule has 106 valence electrons. The summed E-state index contributed by atoms with van der Waals surface area (Å²) in [5.74, 6) is 0.776. The summed E-state index contributed by atoms with van der Waals surface area (Å²) in [5, 5.41) is 4.61. The van der Waals surface area contributed by atoms with E-state index in [2.05, 4.69) is 42.1 Å². The van der Waals surface area contributed by atoms with Crippen LogP contribution in [0.15, 0.2) is 42.7 Å². The molecule has 0 aliphatic carbocycles. The van der Waals surface area contributed by atoms with Crippen LogP contribution < -0.4 is 5.73 Å². The lowest BCUT2D eigenvalue weighted by molar-refractivity contribution is 0.848. The van der Waals surface area contributed by atoms with Gasteiger partial charge in [0.05, 0.1) is 11.9 Å². The van der Waals surface area contributed by atoms with E-state index in [4.69, 9.17) is 5.73 Å². The molecule has 3 aromatic rings. The highest BCUT2D eigenvalue weighted by molar-refractivity contribution is 5.75. The van der Waals surface area contributed by atoms with E-state index < -0.39 is 0 Å². The van der Waals surface area contributed by atoms with Gasteiger partial charge in [-0.05, 0) is 44.0 Å². The highest BCUT2D eigenvalue weighted by atomic mass is 15.3. The van der Waals surface area contributed by atoms with E-state index in [0.717, 1.165) is 22.6 Å². The zero-order chi connectivity index (χ0) is 15.0. The third-order valence-corrected chi connectivity index (χ3v) is 3.52. The van der Waals surface area contributed by atoms with Gasteiger partial charge >= 0.3 is 0 Å². The number of nitrogens with two attached hydrogens (primary N) is 1. The molecule has 2 aromatic heterocycles. The largest absolute Gasteiger partial charge is 0.396 e. The molecule has 0 fully saturated rings. The Morgan fingerprint density at radius 2 is 1.76 bits per heavy atom. The van der Waals surface area contributed by atoms with Crippen molar-refractivity contribution in [3.8, 4) is 17.1 Å². The van der Waals surface area contributed by atoms with E-state index in [1.807, 2.05) is 25.3 Å². The van der Waals surface area contributed by atoms with Crippen LogP contribution in [0.5, 0.6) is 0 Å². The lowest BCUT2D eigenvalue weighted by Gasteiger charge is -2.05. The first kappa shape index (κ1) is 13.4. The van der Waals surface area contributed by atoms with Crippen LogP contribution in [-0.2, 0) is 0 Å². The van der Waals surface area contributed by atoms with Crippen LogP contribution in [0.1, 0.15) is 16.7 Å². The molecule has 4 heteroatoms. The van der Waals surface area contributed by atoms with Crippen LogP contribution in [0.3, 0.4) is 0 Å². The van der Waals surface area contributed by atoms with Gasteiger partial charge in [-0.3, -0.25) is 0 Å². The molecule has 0 aliphatic rings. The van der Waals surface area contributed by atoms with E-state index in [1.54, 1.807) is 10.9 Å². The molecule has 21 heavy (non-hydrogen) atoms. The maximum Gasteiger partial charge on any atom is 0.153 e. The van der Waals surface area contributed by atoms with Crippen molar-refractivity contribution in [2.24, 2.45) is 0 Å². The van der Waals surface area contributed by atoms with E-state index in [0.29, 0.717) is 5.69 Å². The van der Waals surface area contributed by atoms with Crippen LogP contribution in [0.25, 0.3) is 17.1 Å². The van der Waals surface area contributed by atoms with Gasteiger partial charge in [0.1, 0.15) is 5.69 Å². The summed E-state index contributed by atoms with van der Waals surface area (Å²) in [6.07, 6.45) is 3.59. The van der Waals surface area contributed by atoms with Crippen LogP contribution in [0.4, 0.5) is 5.69 Å². The summed E-state index contributed by atoms with van der Waals surface area (Å²) in [5.41, 5.74) is 12.2. The second kappa shape index (κ2) is 5.05. The third kappa shape index (κ3) is 2.52. The monoisotopic (exact) mass is 278 g/mol. The van der Waals surface area contributed by atoms with Gasteiger partial charge in [-0.2, -0.15) is 5.10 Å². The number of aryl methyl sites for hydroxylation is 3. The Balaban J connectivity index is 2.10. The van der Waals surface area contributed by atoms with Crippen LogP contribution in [0.2, 0.25) is 0 Å². The number of aromatic nitrogens is 3. The summed E-state index contributed by atoms with van der Waals surface area (Å²) in [4.78, 5) is 4.34. The molecule has 0 aliphatic heterocycles. The Hall–Kier alpha value is -2.62. The third-order valence-electron chi connectivity index (χ3n) is 3.52. The topological polar surface area (TPSA) is 56.7 Å². The fraction of sp³-hybridized carbons (Fsp3) is 0.176. The molecule has 0 unspecified atom stereocenters. The molecular weight excluding hydrogens is 260 g/mol. The molecule has 0 saturated heterocycles. The highest BCUT2D eigenvalue weighted by Crippen LogP contribution is 2.28. The van der Waals surface area contributed by atoms with E-state index in [9.17, 15) is 0 Å². The van der Waals surface area contributed by atoms with Crippen LogP contribution >= 0.6 is 0 Å². The van der Waals surface area contributed by atoms with Gasteiger partial charge < -0.3 is 5.73 Å². The Morgan fingerprint density at radius 3 is 2.48 bits per heavy atom. The van der Waals surface area contributed by atoms with Crippen molar-refractivity contribution < 1.29 is 0 Å². The van der Waals surface area contributed by atoms with Gasteiger partial charge in [-0.25, -0.2) is 9.67 Å². The number of nitrogens with zero attached hydrogens (tertiary/aromatic N) is 3. The molecule has 3 rings (SSSR count). The van der Waals surface area contributed by atoms with Gasteiger partial charge in [0, 0.05) is 11.8 Å². The van der Waals surface area contributed by atoms with Crippen molar-refractivity contribution in [1.82, 2.24) is 14.8 Å². The minimum absolute atomic E-state index is 0.658. The van der Waals surface area contributed by atoms with Crippen molar-refractivity contribution in [2.45, 2.75) is 20.8 Å². The van der Waals surface area contributed by atoms with Crippen LogP contribution in [0, 0.1) is 20.8 Å². The lowest BCUT2D eigenvalue weighted by atomic mass is 10.0. The zero-order valence-electron chi connectivity index (χ0n) is 12.5. The molecule has 0 bridgehead atoms. The molecule has 0 spiro atoms. The predicted molar refractivity (Wildman–Crippen MR) is 85.4 cm³/mol. The molecule has 0 atom stereocenters. The number of pyridine rings is 1. The molecule has 1 aromatic carbocycles. The summed E-state index contributed by atoms with van der Waals surface area (Å²) in [7, 11) is 0. The molecular formula is C17H18N4. The first-order valence-corrected chi connectivity index (χ1v) is 6.90. The van der Waals surface area contributed by atoms with Crippen molar-refractivity contribution in [2.75, 3.05) is 5.73 Å². The van der Waals surface area contributed by atoms with E-state index in [1.165, 1.54) is 11.1 Å². The number of nitrogen functional groups attached to an aromatic ring is 1. The zero-order valence-corrected chi connectivity index (χ0v) is 12.5. The molecule has 4 nitrogen and oxygen atoms in total. The Morgan fingerprint density at radius 1 is 1.00 bits per heavy atom. The fourth-order valence-electron chi connectivity index (χ4n) is 2.44. The Kier molecular flexibility index (Phi) is 3.22. The van der Waals surface area contributed by atoms with Gasteiger partial charge in [0.15, 0.2) is 5.82 Å². The first-order chi connectivity index (χ1) is 10.0. The van der Waals surface area contributed by atoms with Gasteiger partial charge in [0.2, 0.25) is 0 Å². The number of benzene rings is 1. The minimum Gasteiger partial charge on any atom is -0.396 e. The summed E-state index contributed by atoms with van der Waals surface area (Å²) in [6, 6.07) is 10.2. The lowest BCUT2D eigenvalue weighted by Crippen LogP contribution is -1.98. The smallest absolute Gasteiger partial charge is 0.153 e. The number of rotatable bonds is 2. The SMILES string of the molecule is Cc1ccnc(-n2cc(N)c(-c3ccc(C)cc3C)n2)c1. The fourth-order valence-corrected chi connectivity index (χ4v) is 2.44. The van der Waals surface area contributed by atoms with Crippen molar-refractivity contribution in [3.63, 3.8) is 0 Å². The molecule has 0 radical (unpaired) electrons. The second-order valence-electron chi connectivity index (χ2n) is 5.39. The maximum absolute atomic E-state index is 6.14. The maximum atomic E-state index is 6.14. The predicted octanol–water partition coefficient (Wildman–Crippen LogP) is 3.44. The summed E-state index contributed by atoms with van der Waals surface area (Å²) < 4.78 is 1.73. The Labute approximate surface area is 124 Å². The molecule has 2 heterocycles. The highest BCUT2D eigenvalue weighted by Gasteiger charge is 2.12. The van der Waals surface area contributed by atoms with Crippen molar-refractivity contribution in [3.05, 3.63) is 59.4 Å². The van der Waals surface area contributed by atoms with E-state index in [-0.39, 0.29) is 0 Å². The molecule has 0 saturated carbocycles. The van der Waals surface area contributed by atoms with Gasteiger partial charge in [0.25, 0.3) is 0 Å². The number of hydrogen-bond acceptors (Lipinski definition) is 3. The quantitative estimate of drug-likeness (QED) is 0.781. The second-order valence-corrected chi connectivity index (χ2v) is 5.39. The Bertz CT molecular complexity index is 802. The van der Waals surface area contributed by atoms with Crippen LogP contribution in [-0.4, -0.2) is 14.8 Å². The normalized spacial score (nSPS) is 10.8. The number of anilines is 1. The van der Waals surface area contributed by atoms with Gasteiger partial charge in [-0.15, -0.1) is 0 Å². The van der Waals surface area contributed by atoms with Crippen molar-refractivity contribution >= 4 is 5.69 Å². The average molecular weight is 278 g/mol. The number of hydrogen-bond donors (Lipinski definition) is 1. The molecule has 0 amide bonds. The first-order valence-electron chi connectivity index (χ1n) is 6.90. The molecule has 2 N–H and O–H groups in total. The van der Waals surface area contributed by atoms with Gasteiger partial charge in [-0.1, -0.05) is 23.8 Å². The standard InChI is InChI=1S/C17H18N4/c1-11-4-5-14(13(3)8-11)17-15(18)10-21(20-17)16-9-12(2)6-7-19-16/h4-10H,18H2,1-3H3. The van der Waals surface area contributed by atoms with Crippen molar-refractivity contribution in [1.29, 1.82) is 0 Å². The minimum atomic E-state index is 0.658. The summed E-state index contributed by atoms with van der Waals surface area (Å²) >= 11 is 0.